The zero-order chi connectivity index (χ0) is 11.3. The van der Waals surface area contributed by atoms with Crippen molar-refractivity contribution < 1.29 is 9.94 Å². The van der Waals surface area contributed by atoms with Gasteiger partial charge >= 0.3 is 0 Å². The molecule has 3 nitrogen and oxygen atoms in total. The van der Waals surface area contributed by atoms with Crippen LogP contribution in [0.15, 0.2) is 24.3 Å². The van der Waals surface area contributed by atoms with Crippen LogP contribution in [-0.2, 0) is 4.84 Å². The molecule has 1 atom stereocenters. The van der Waals surface area contributed by atoms with Crippen LogP contribution in [0.5, 0.6) is 5.75 Å². The molecule has 1 aromatic rings. The Morgan fingerprint density at radius 2 is 2.07 bits per heavy atom. The Balaban J connectivity index is 2.43. The number of nitrogens with one attached hydrogen (secondary N) is 1. The Kier molecular flexibility index (Phi) is 4.59. The third-order valence-corrected chi connectivity index (χ3v) is 2.05. The second-order valence-electron chi connectivity index (χ2n) is 4.14. The molecule has 84 valence electrons. The number of phenolic OH excluding ortho intramolecular Hbond substituents is 1. The maximum absolute atomic E-state index is 9.31. The minimum atomic E-state index is 0.0795. The lowest BCUT2D eigenvalue weighted by Crippen LogP contribution is -2.21. The van der Waals surface area contributed by atoms with Crippen LogP contribution in [0.1, 0.15) is 32.4 Å². The number of hydrogen-bond acceptors (Lipinski definition) is 3. The molecule has 0 aliphatic carbocycles. The van der Waals surface area contributed by atoms with E-state index >= 15 is 0 Å². The average Bonchev–Trinajstić information content (AvgIpc) is 2.17. The van der Waals surface area contributed by atoms with Gasteiger partial charge < -0.3 is 9.94 Å². The normalized spacial score (nSPS) is 13.1. The highest BCUT2D eigenvalue weighted by Crippen LogP contribution is 2.17. The second kappa shape index (κ2) is 5.73. The van der Waals surface area contributed by atoms with Crippen molar-refractivity contribution in [1.82, 2.24) is 5.48 Å². The van der Waals surface area contributed by atoms with Crippen molar-refractivity contribution in [3.8, 4) is 5.75 Å². The fraction of sp³-hybridized carbons (Fsp3) is 0.500. The van der Waals surface area contributed by atoms with E-state index in [1.807, 2.05) is 19.1 Å². The minimum Gasteiger partial charge on any atom is -0.508 e. The molecule has 0 amide bonds. The summed E-state index contributed by atoms with van der Waals surface area (Å²) in [6.07, 6.45) is 0. The summed E-state index contributed by atoms with van der Waals surface area (Å²) in [6, 6.07) is 7.25. The SMILES string of the molecule is CC(C)CONC(C)c1cccc(O)c1. The van der Waals surface area contributed by atoms with Gasteiger partial charge in [0, 0.05) is 0 Å². The second-order valence-corrected chi connectivity index (χ2v) is 4.14. The van der Waals surface area contributed by atoms with Gasteiger partial charge in [-0.15, -0.1) is 0 Å². The van der Waals surface area contributed by atoms with Gasteiger partial charge in [-0.3, -0.25) is 0 Å². The Morgan fingerprint density at radius 3 is 2.67 bits per heavy atom. The summed E-state index contributed by atoms with van der Waals surface area (Å²) in [7, 11) is 0. The third-order valence-electron chi connectivity index (χ3n) is 2.05. The Labute approximate surface area is 91.0 Å². The standard InChI is InChI=1S/C12H19NO2/c1-9(2)8-15-13-10(3)11-5-4-6-12(14)7-11/h4-7,9-10,13-14H,8H2,1-3H3. The summed E-state index contributed by atoms with van der Waals surface area (Å²) in [5, 5.41) is 9.31. The van der Waals surface area contributed by atoms with E-state index in [-0.39, 0.29) is 11.8 Å². The first-order valence-electron chi connectivity index (χ1n) is 5.26. The molecule has 0 bridgehead atoms. The Morgan fingerprint density at radius 1 is 1.33 bits per heavy atom. The van der Waals surface area contributed by atoms with Crippen molar-refractivity contribution in [2.24, 2.45) is 5.92 Å². The average molecular weight is 209 g/mol. The number of hydroxylamine groups is 1. The van der Waals surface area contributed by atoms with Crippen LogP contribution in [0, 0.1) is 5.92 Å². The maximum Gasteiger partial charge on any atom is 0.115 e. The molecule has 0 aliphatic rings. The predicted molar refractivity (Wildman–Crippen MR) is 60.4 cm³/mol. The molecule has 1 rings (SSSR count). The van der Waals surface area contributed by atoms with E-state index in [1.165, 1.54) is 0 Å². The summed E-state index contributed by atoms with van der Waals surface area (Å²) in [4.78, 5) is 5.32. The summed E-state index contributed by atoms with van der Waals surface area (Å²) in [5.41, 5.74) is 3.96. The first-order chi connectivity index (χ1) is 7.09. The zero-order valence-corrected chi connectivity index (χ0v) is 9.53. The molecule has 15 heavy (non-hydrogen) atoms. The molecule has 0 saturated carbocycles. The van der Waals surface area contributed by atoms with Gasteiger partial charge in [-0.2, -0.15) is 5.48 Å². The van der Waals surface area contributed by atoms with Crippen molar-refractivity contribution in [2.45, 2.75) is 26.8 Å². The molecule has 0 spiro atoms. The monoisotopic (exact) mass is 209 g/mol. The highest BCUT2D eigenvalue weighted by atomic mass is 16.6. The van der Waals surface area contributed by atoms with E-state index in [0.717, 1.165) is 5.56 Å². The molecule has 3 heteroatoms. The lowest BCUT2D eigenvalue weighted by Gasteiger charge is -2.15. The summed E-state index contributed by atoms with van der Waals surface area (Å²) < 4.78 is 0. The fourth-order valence-corrected chi connectivity index (χ4v) is 1.20. The summed E-state index contributed by atoms with van der Waals surface area (Å²) in [6.45, 7) is 6.87. The molecule has 0 fully saturated rings. The molecule has 0 aliphatic heterocycles. The molecule has 1 aromatic carbocycles. The molecule has 0 aromatic heterocycles. The van der Waals surface area contributed by atoms with E-state index in [9.17, 15) is 5.11 Å². The van der Waals surface area contributed by atoms with Gasteiger partial charge in [-0.05, 0) is 30.5 Å². The van der Waals surface area contributed by atoms with Crippen LogP contribution >= 0.6 is 0 Å². The number of aromatic hydroxyl groups is 1. The van der Waals surface area contributed by atoms with Crippen molar-refractivity contribution in [2.75, 3.05) is 6.61 Å². The first kappa shape index (κ1) is 12.0. The van der Waals surface area contributed by atoms with E-state index in [0.29, 0.717) is 12.5 Å². The predicted octanol–water partition coefficient (Wildman–Crippen LogP) is 2.63. The van der Waals surface area contributed by atoms with Crippen molar-refractivity contribution >= 4 is 0 Å². The lowest BCUT2D eigenvalue weighted by molar-refractivity contribution is 0.00406. The van der Waals surface area contributed by atoms with Crippen LogP contribution in [0.2, 0.25) is 0 Å². The van der Waals surface area contributed by atoms with Gasteiger partial charge in [0.15, 0.2) is 0 Å². The van der Waals surface area contributed by atoms with E-state index < -0.39 is 0 Å². The number of phenols is 1. The molecule has 0 saturated heterocycles. The van der Waals surface area contributed by atoms with Crippen LogP contribution in [-0.4, -0.2) is 11.7 Å². The zero-order valence-electron chi connectivity index (χ0n) is 9.53. The van der Waals surface area contributed by atoms with E-state index in [4.69, 9.17) is 4.84 Å². The highest BCUT2D eigenvalue weighted by Gasteiger charge is 2.05. The molecule has 0 heterocycles. The van der Waals surface area contributed by atoms with Gasteiger partial charge in [-0.1, -0.05) is 26.0 Å². The van der Waals surface area contributed by atoms with Crippen LogP contribution in [0.3, 0.4) is 0 Å². The van der Waals surface area contributed by atoms with E-state index in [2.05, 4.69) is 19.3 Å². The van der Waals surface area contributed by atoms with Crippen LogP contribution in [0.25, 0.3) is 0 Å². The largest absolute Gasteiger partial charge is 0.508 e. The quantitative estimate of drug-likeness (QED) is 0.732. The highest BCUT2D eigenvalue weighted by molar-refractivity contribution is 5.28. The molecular weight excluding hydrogens is 190 g/mol. The minimum absolute atomic E-state index is 0.0795. The van der Waals surface area contributed by atoms with E-state index in [1.54, 1.807) is 12.1 Å². The topological polar surface area (TPSA) is 41.5 Å². The fourth-order valence-electron chi connectivity index (χ4n) is 1.20. The molecular formula is C12H19NO2. The smallest absolute Gasteiger partial charge is 0.115 e. The van der Waals surface area contributed by atoms with Gasteiger partial charge in [0.05, 0.1) is 12.6 Å². The van der Waals surface area contributed by atoms with Gasteiger partial charge in [0.1, 0.15) is 5.75 Å². The van der Waals surface area contributed by atoms with Crippen molar-refractivity contribution in [3.05, 3.63) is 29.8 Å². The maximum atomic E-state index is 9.31. The number of rotatable bonds is 5. The Hall–Kier alpha value is -1.06. The molecule has 0 radical (unpaired) electrons. The third kappa shape index (κ3) is 4.32. The first-order valence-corrected chi connectivity index (χ1v) is 5.26. The summed E-state index contributed by atoms with van der Waals surface area (Å²) >= 11 is 0. The Bertz CT molecular complexity index is 299. The van der Waals surface area contributed by atoms with Crippen molar-refractivity contribution in [3.63, 3.8) is 0 Å². The van der Waals surface area contributed by atoms with Crippen molar-refractivity contribution in [1.29, 1.82) is 0 Å². The lowest BCUT2D eigenvalue weighted by atomic mass is 10.1. The number of benzene rings is 1. The van der Waals surface area contributed by atoms with Gasteiger partial charge in [0.2, 0.25) is 0 Å². The van der Waals surface area contributed by atoms with Gasteiger partial charge in [-0.25, -0.2) is 0 Å². The van der Waals surface area contributed by atoms with Gasteiger partial charge in [0.25, 0.3) is 0 Å². The van der Waals surface area contributed by atoms with Crippen LogP contribution < -0.4 is 5.48 Å². The molecule has 2 N–H and O–H groups in total. The summed E-state index contributed by atoms with van der Waals surface area (Å²) in [5.74, 6) is 0.791. The van der Waals surface area contributed by atoms with Crippen LogP contribution in [0.4, 0.5) is 0 Å². The molecule has 1 unspecified atom stereocenters. The number of hydrogen-bond donors (Lipinski definition) is 2.